The first-order valence-corrected chi connectivity index (χ1v) is 11.4. The number of anilines is 2. The number of piperazine rings is 1. The molecule has 0 bridgehead atoms. The Morgan fingerprint density at radius 2 is 1.72 bits per heavy atom. The van der Waals surface area contributed by atoms with E-state index in [2.05, 4.69) is 26.9 Å². The summed E-state index contributed by atoms with van der Waals surface area (Å²) in [5.41, 5.74) is 6.38. The van der Waals surface area contributed by atoms with Crippen LogP contribution in [0.25, 0.3) is 0 Å². The number of nitrogens with one attached hydrogen (secondary N) is 1. The first-order valence-electron chi connectivity index (χ1n) is 11.4. The summed E-state index contributed by atoms with van der Waals surface area (Å²) >= 11 is 0. The van der Waals surface area contributed by atoms with Crippen molar-refractivity contribution < 1.29 is 4.79 Å². The van der Waals surface area contributed by atoms with E-state index in [9.17, 15) is 14.4 Å². The lowest BCUT2D eigenvalue weighted by molar-refractivity contribution is -0.120. The molecule has 1 aromatic carbocycles. The number of benzene rings is 1. The highest BCUT2D eigenvalue weighted by Crippen LogP contribution is 2.18. The van der Waals surface area contributed by atoms with Gasteiger partial charge in [-0.15, -0.1) is 0 Å². The number of nitrogens with two attached hydrogens (primary N) is 1. The summed E-state index contributed by atoms with van der Waals surface area (Å²) in [6.07, 6.45) is 1.63. The molecule has 0 spiro atoms. The van der Waals surface area contributed by atoms with Gasteiger partial charge in [0.2, 0.25) is 5.91 Å². The summed E-state index contributed by atoms with van der Waals surface area (Å²) in [7, 11) is 0. The third-order valence-corrected chi connectivity index (χ3v) is 5.91. The van der Waals surface area contributed by atoms with Gasteiger partial charge in [0.05, 0.1) is 6.54 Å². The van der Waals surface area contributed by atoms with Gasteiger partial charge in [-0.1, -0.05) is 43.7 Å². The van der Waals surface area contributed by atoms with E-state index in [1.54, 1.807) is 6.92 Å². The fraction of sp³-hybridized carbons (Fsp3) is 0.522. The molecule has 1 amide bonds. The van der Waals surface area contributed by atoms with E-state index in [1.165, 1.54) is 15.0 Å². The van der Waals surface area contributed by atoms with Gasteiger partial charge < -0.3 is 10.6 Å². The first-order chi connectivity index (χ1) is 15.4. The van der Waals surface area contributed by atoms with Gasteiger partial charge in [-0.25, -0.2) is 4.79 Å². The van der Waals surface area contributed by atoms with Gasteiger partial charge in [0.15, 0.2) is 5.69 Å². The lowest BCUT2D eigenvalue weighted by Gasteiger charge is -2.35. The highest BCUT2D eigenvalue weighted by molar-refractivity contribution is 5.96. The molecule has 0 aliphatic carbocycles. The normalized spacial score (nSPS) is 15.1. The zero-order chi connectivity index (χ0) is 23.1. The molecule has 1 fully saturated rings. The second kappa shape index (κ2) is 11.1. The van der Waals surface area contributed by atoms with Gasteiger partial charge in [0.25, 0.3) is 5.56 Å². The van der Waals surface area contributed by atoms with Crippen LogP contribution in [-0.4, -0.2) is 64.5 Å². The Balaban J connectivity index is 1.66. The van der Waals surface area contributed by atoms with Crippen LogP contribution in [0.1, 0.15) is 32.3 Å². The molecule has 3 rings (SSSR count). The molecule has 1 saturated heterocycles. The number of likely N-dealkylation sites (N-methyl/N-ethyl adjacent to an activating group) is 1. The van der Waals surface area contributed by atoms with Crippen molar-refractivity contribution in [3.63, 3.8) is 0 Å². The van der Waals surface area contributed by atoms with Crippen molar-refractivity contribution in [3.05, 3.63) is 56.7 Å². The molecular formula is C23H34N6O3. The second-order valence-electron chi connectivity index (χ2n) is 8.17. The van der Waals surface area contributed by atoms with Crippen molar-refractivity contribution in [1.82, 2.24) is 19.4 Å². The van der Waals surface area contributed by atoms with Crippen LogP contribution in [0.2, 0.25) is 0 Å². The van der Waals surface area contributed by atoms with Crippen LogP contribution in [0.4, 0.5) is 11.5 Å². The van der Waals surface area contributed by atoms with Gasteiger partial charge in [0.1, 0.15) is 5.82 Å². The maximum absolute atomic E-state index is 13.1. The summed E-state index contributed by atoms with van der Waals surface area (Å²) in [5.74, 6) is -0.142. The van der Waals surface area contributed by atoms with E-state index in [0.29, 0.717) is 13.1 Å². The van der Waals surface area contributed by atoms with Gasteiger partial charge >= 0.3 is 5.69 Å². The van der Waals surface area contributed by atoms with Gasteiger partial charge in [-0.05, 0) is 18.9 Å². The summed E-state index contributed by atoms with van der Waals surface area (Å²) < 4.78 is 1.35. The van der Waals surface area contributed by atoms with Crippen LogP contribution in [0, 0.1) is 0 Å². The number of hydrogen-bond donors (Lipinski definition) is 2. The van der Waals surface area contributed by atoms with Crippen molar-refractivity contribution in [2.75, 3.05) is 49.9 Å². The van der Waals surface area contributed by atoms with Crippen LogP contribution < -0.4 is 21.9 Å². The van der Waals surface area contributed by atoms with Gasteiger partial charge in [-0.3, -0.25) is 28.9 Å². The maximum atomic E-state index is 13.1. The molecule has 0 saturated carbocycles. The van der Waals surface area contributed by atoms with Crippen LogP contribution in [0.15, 0.2) is 39.9 Å². The lowest BCUT2D eigenvalue weighted by Crippen LogP contribution is -2.50. The van der Waals surface area contributed by atoms with Crippen LogP contribution in [-0.2, 0) is 17.9 Å². The fourth-order valence-corrected chi connectivity index (χ4v) is 4.06. The second-order valence-corrected chi connectivity index (χ2v) is 8.17. The minimum Gasteiger partial charge on any atom is -0.383 e. The number of H-pyrrole nitrogens is 1. The topological polar surface area (TPSA) is 108 Å². The number of aromatic amines is 1. The number of hydrogen-bond acceptors (Lipinski definition) is 6. The number of unbranched alkanes of at least 4 members (excludes halogenated alkanes) is 1. The van der Waals surface area contributed by atoms with E-state index >= 15 is 0 Å². The predicted octanol–water partition coefficient (Wildman–Crippen LogP) is 1.09. The maximum Gasteiger partial charge on any atom is 0.330 e. The van der Waals surface area contributed by atoms with E-state index < -0.39 is 11.2 Å². The average Bonchev–Trinajstić information content (AvgIpc) is 2.78. The molecule has 2 aromatic rings. The molecule has 9 nitrogen and oxygen atoms in total. The quantitative estimate of drug-likeness (QED) is 0.602. The number of nitrogens with zero attached hydrogens (tertiary/aromatic N) is 4. The Morgan fingerprint density at radius 3 is 2.34 bits per heavy atom. The van der Waals surface area contributed by atoms with Crippen LogP contribution in [0.5, 0.6) is 0 Å². The molecule has 2 heterocycles. The third-order valence-electron chi connectivity index (χ3n) is 5.91. The molecule has 1 aliphatic rings. The molecule has 0 radical (unpaired) electrons. The van der Waals surface area contributed by atoms with Crippen LogP contribution in [0.3, 0.4) is 0 Å². The van der Waals surface area contributed by atoms with Crippen molar-refractivity contribution in [3.8, 4) is 0 Å². The molecule has 3 N–H and O–H groups in total. The number of nitrogen functional groups attached to an aromatic ring is 1. The Labute approximate surface area is 188 Å². The number of amides is 1. The zero-order valence-electron chi connectivity index (χ0n) is 19.0. The van der Waals surface area contributed by atoms with E-state index in [-0.39, 0.29) is 24.0 Å². The van der Waals surface area contributed by atoms with E-state index in [0.717, 1.165) is 45.6 Å². The smallest absolute Gasteiger partial charge is 0.330 e. The summed E-state index contributed by atoms with van der Waals surface area (Å²) in [5, 5.41) is 0. The summed E-state index contributed by atoms with van der Waals surface area (Å²) in [4.78, 5) is 46.0. The number of rotatable bonds is 9. The molecule has 1 aromatic heterocycles. The molecule has 32 heavy (non-hydrogen) atoms. The zero-order valence-corrected chi connectivity index (χ0v) is 19.0. The largest absolute Gasteiger partial charge is 0.383 e. The molecule has 0 atom stereocenters. The Kier molecular flexibility index (Phi) is 8.24. The molecule has 174 valence electrons. The van der Waals surface area contributed by atoms with Crippen molar-refractivity contribution in [1.29, 1.82) is 0 Å². The minimum atomic E-state index is -0.622. The Morgan fingerprint density at radius 1 is 1.06 bits per heavy atom. The van der Waals surface area contributed by atoms with Gasteiger partial charge in [0, 0.05) is 45.8 Å². The number of carbonyl (C=O) groups excluding carboxylic acids is 1. The van der Waals surface area contributed by atoms with E-state index in [4.69, 9.17) is 5.73 Å². The monoisotopic (exact) mass is 442 g/mol. The SMILES string of the molecule is CCCCn1c(N)c(N(CC)C(=O)CN2CCN(Cc3ccccc3)CC2)c(=O)[nH]c1=O. The molecule has 1 aliphatic heterocycles. The van der Waals surface area contributed by atoms with Crippen molar-refractivity contribution >= 4 is 17.4 Å². The molecule has 0 unspecified atom stereocenters. The number of carbonyl (C=O) groups is 1. The molecule has 9 heteroatoms. The minimum absolute atomic E-state index is 0.0510. The fourth-order valence-electron chi connectivity index (χ4n) is 4.06. The number of aromatic nitrogens is 2. The summed E-state index contributed by atoms with van der Waals surface area (Å²) in [6.45, 7) is 8.92. The van der Waals surface area contributed by atoms with Crippen LogP contribution >= 0.6 is 0 Å². The average molecular weight is 443 g/mol. The van der Waals surface area contributed by atoms with Gasteiger partial charge in [-0.2, -0.15) is 0 Å². The highest BCUT2D eigenvalue weighted by Gasteiger charge is 2.26. The van der Waals surface area contributed by atoms with E-state index in [1.807, 2.05) is 25.1 Å². The Hall–Kier alpha value is -2.91. The Bertz CT molecular complexity index is 1010. The third kappa shape index (κ3) is 5.66. The van der Waals surface area contributed by atoms with Crippen molar-refractivity contribution in [2.24, 2.45) is 0 Å². The predicted molar refractivity (Wildman–Crippen MR) is 127 cm³/mol. The van der Waals surface area contributed by atoms with Crippen molar-refractivity contribution in [2.45, 2.75) is 39.8 Å². The highest BCUT2D eigenvalue weighted by atomic mass is 16.2. The summed E-state index contributed by atoms with van der Waals surface area (Å²) in [6, 6.07) is 10.3. The molecular weight excluding hydrogens is 408 g/mol. The lowest BCUT2D eigenvalue weighted by atomic mass is 10.2. The first kappa shape index (κ1) is 23.7. The standard InChI is InChI=1S/C23H34N6O3/c1-3-5-11-29-21(24)20(22(31)25-23(29)32)28(4-2)19(30)17-27-14-12-26(13-15-27)16-18-9-7-6-8-10-18/h6-10H,3-5,11-17,24H2,1-2H3,(H,25,31,32).